The van der Waals surface area contributed by atoms with E-state index in [-0.39, 0.29) is 0 Å². The molecule has 0 radical (unpaired) electrons. The molecular weight excluding hydrogens is 172 g/mol. The Morgan fingerprint density at radius 1 is 1.36 bits per heavy atom. The van der Waals surface area contributed by atoms with Crippen molar-refractivity contribution in [2.45, 2.75) is 40.2 Å². The van der Waals surface area contributed by atoms with Crippen molar-refractivity contribution < 1.29 is 4.74 Å². The minimum atomic E-state index is 0.318. The average molecular weight is 196 g/mol. The van der Waals surface area contributed by atoms with Gasteiger partial charge in [0.05, 0.1) is 12.7 Å². The highest BCUT2D eigenvalue weighted by atomic mass is 16.5. The van der Waals surface area contributed by atoms with Gasteiger partial charge in [0.2, 0.25) is 0 Å². The molecular formula is C13H24O. The first-order valence-corrected chi connectivity index (χ1v) is 5.30. The molecule has 0 aromatic rings. The third-order valence-electron chi connectivity index (χ3n) is 1.70. The van der Waals surface area contributed by atoms with Crippen LogP contribution in [-0.2, 0) is 4.74 Å². The van der Waals surface area contributed by atoms with E-state index in [1.54, 1.807) is 12.2 Å². The van der Waals surface area contributed by atoms with Gasteiger partial charge in [-0.3, -0.25) is 0 Å². The van der Waals surface area contributed by atoms with Gasteiger partial charge in [0, 0.05) is 0 Å². The maximum Gasteiger partial charge on any atom is 0.0720 e. The molecule has 0 heterocycles. The fraction of sp³-hybridized carbons (Fsp3) is 0.538. The van der Waals surface area contributed by atoms with Gasteiger partial charge in [0.1, 0.15) is 0 Å². The first kappa shape index (κ1) is 15.6. The van der Waals surface area contributed by atoms with E-state index in [0.29, 0.717) is 12.7 Å². The molecule has 1 nitrogen and oxygen atoms in total. The molecule has 0 aliphatic carbocycles. The summed E-state index contributed by atoms with van der Waals surface area (Å²) in [5.41, 5.74) is 1.07. The van der Waals surface area contributed by atoms with Crippen molar-refractivity contribution in [1.29, 1.82) is 0 Å². The Morgan fingerprint density at radius 3 is 2.29 bits per heavy atom. The highest BCUT2D eigenvalue weighted by molar-refractivity contribution is 5.21. The van der Waals surface area contributed by atoms with Gasteiger partial charge in [-0.2, -0.15) is 0 Å². The summed E-state index contributed by atoms with van der Waals surface area (Å²) in [7, 11) is 0. The standard InChI is InChI=1S/C11H18O.C2H6/c1-5-8-11(7-3)9-12-10(4)6-2;1-2/h5,7-8,10H,1,3,6,9H2,2,4H3;1-2H3/b11-8+;. The number of allylic oxidation sites excluding steroid dienone is 2. The molecule has 1 atom stereocenters. The van der Waals surface area contributed by atoms with E-state index in [0.717, 1.165) is 12.0 Å². The largest absolute Gasteiger partial charge is 0.374 e. The predicted molar refractivity (Wildman–Crippen MR) is 65.5 cm³/mol. The van der Waals surface area contributed by atoms with Gasteiger partial charge in [0.15, 0.2) is 0 Å². The molecule has 0 aromatic heterocycles. The minimum Gasteiger partial charge on any atom is -0.374 e. The quantitative estimate of drug-likeness (QED) is 0.580. The molecule has 0 rings (SSSR count). The number of hydrogen-bond acceptors (Lipinski definition) is 1. The summed E-state index contributed by atoms with van der Waals surface area (Å²) >= 11 is 0. The summed E-state index contributed by atoms with van der Waals surface area (Å²) < 4.78 is 5.51. The molecule has 0 N–H and O–H groups in total. The normalized spacial score (nSPS) is 12.4. The van der Waals surface area contributed by atoms with Crippen LogP contribution in [0.5, 0.6) is 0 Å². The maximum absolute atomic E-state index is 5.51. The van der Waals surface area contributed by atoms with Gasteiger partial charge >= 0.3 is 0 Å². The fourth-order valence-electron chi connectivity index (χ4n) is 0.683. The molecule has 0 saturated heterocycles. The third-order valence-corrected chi connectivity index (χ3v) is 1.70. The second-order valence-electron chi connectivity index (χ2n) is 2.71. The van der Waals surface area contributed by atoms with E-state index >= 15 is 0 Å². The van der Waals surface area contributed by atoms with Crippen LogP contribution in [0.1, 0.15) is 34.1 Å². The van der Waals surface area contributed by atoms with Gasteiger partial charge in [-0.1, -0.05) is 52.2 Å². The lowest BCUT2D eigenvalue weighted by Crippen LogP contribution is -2.08. The summed E-state index contributed by atoms with van der Waals surface area (Å²) in [6, 6.07) is 0. The Hall–Kier alpha value is -0.820. The Bertz CT molecular complexity index is 168. The van der Waals surface area contributed by atoms with E-state index in [9.17, 15) is 0 Å². The molecule has 0 bridgehead atoms. The lowest BCUT2D eigenvalue weighted by Gasteiger charge is -2.10. The number of hydrogen-bond donors (Lipinski definition) is 0. The van der Waals surface area contributed by atoms with Crippen molar-refractivity contribution in [2.24, 2.45) is 0 Å². The number of rotatable bonds is 6. The van der Waals surface area contributed by atoms with Crippen LogP contribution in [0.25, 0.3) is 0 Å². The zero-order chi connectivity index (χ0) is 11.4. The van der Waals surface area contributed by atoms with Crippen molar-refractivity contribution in [3.63, 3.8) is 0 Å². The second kappa shape index (κ2) is 12.2. The summed E-state index contributed by atoms with van der Waals surface area (Å²) in [6.45, 7) is 16.1. The average Bonchev–Trinajstić information content (AvgIpc) is 2.26. The molecule has 1 heteroatoms. The zero-order valence-corrected chi connectivity index (χ0v) is 10.0. The van der Waals surface area contributed by atoms with Crippen LogP contribution in [0.15, 0.2) is 37.0 Å². The van der Waals surface area contributed by atoms with Crippen LogP contribution in [0, 0.1) is 0 Å². The molecule has 0 aromatic carbocycles. The van der Waals surface area contributed by atoms with Gasteiger partial charge in [-0.15, -0.1) is 0 Å². The monoisotopic (exact) mass is 196 g/mol. The third kappa shape index (κ3) is 9.27. The Morgan fingerprint density at radius 2 is 1.93 bits per heavy atom. The molecule has 0 spiro atoms. The van der Waals surface area contributed by atoms with Crippen LogP contribution in [0.2, 0.25) is 0 Å². The lowest BCUT2D eigenvalue weighted by molar-refractivity contribution is 0.0823. The molecule has 0 aliphatic rings. The van der Waals surface area contributed by atoms with Gasteiger partial charge < -0.3 is 4.74 Å². The lowest BCUT2D eigenvalue weighted by atomic mass is 10.2. The molecule has 0 aliphatic heterocycles. The molecule has 1 unspecified atom stereocenters. The first-order valence-electron chi connectivity index (χ1n) is 5.30. The van der Waals surface area contributed by atoms with Crippen molar-refractivity contribution in [3.05, 3.63) is 37.0 Å². The van der Waals surface area contributed by atoms with E-state index in [2.05, 4.69) is 27.0 Å². The van der Waals surface area contributed by atoms with Crippen LogP contribution >= 0.6 is 0 Å². The second-order valence-corrected chi connectivity index (χ2v) is 2.71. The van der Waals surface area contributed by atoms with Gasteiger partial charge in [-0.05, 0) is 18.9 Å². The first-order chi connectivity index (χ1) is 6.74. The highest BCUT2D eigenvalue weighted by Crippen LogP contribution is 2.02. The minimum absolute atomic E-state index is 0.318. The van der Waals surface area contributed by atoms with E-state index in [4.69, 9.17) is 4.74 Å². The van der Waals surface area contributed by atoms with Crippen molar-refractivity contribution in [2.75, 3.05) is 6.61 Å². The van der Waals surface area contributed by atoms with Crippen LogP contribution in [0.3, 0.4) is 0 Å². The Balaban J connectivity index is 0. The Labute approximate surface area is 89.2 Å². The van der Waals surface area contributed by atoms with Crippen molar-refractivity contribution >= 4 is 0 Å². The van der Waals surface area contributed by atoms with Crippen molar-refractivity contribution in [1.82, 2.24) is 0 Å². The summed E-state index contributed by atoms with van der Waals surface area (Å²) in [5, 5.41) is 0. The molecule has 0 saturated carbocycles. The predicted octanol–water partition coefficient (Wildman–Crippen LogP) is 4.13. The van der Waals surface area contributed by atoms with Crippen LogP contribution in [0.4, 0.5) is 0 Å². The van der Waals surface area contributed by atoms with Crippen LogP contribution < -0.4 is 0 Å². The number of ether oxygens (including phenoxy) is 1. The maximum atomic E-state index is 5.51. The Kier molecular flexibility index (Phi) is 13.6. The summed E-state index contributed by atoms with van der Waals surface area (Å²) in [5.74, 6) is 0. The highest BCUT2D eigenvalue weighted by Gasteiger charge is 1.98. The van der Waals surface area contributed by atoms with E-state index < -0.39 is 0 Å². The van der Waals surface area contributed by atoms with E-state index in [1.807, 2.05) is 19.9 Å². The zero-order valence-electron chi connectivity index (χ0n) is 10.0. The van der Waals surface area contributed by atoms with Gasteiger partial charge in [-0.25, -0.2) is 0 Å². The SMILES string of the molecule is C=C/C=C(\C=C)COC(C)CC.CC. The van der Waals surface area contributed by atoms with E-state index in [1.165, 1.54) is 0 Å². The fourth-order valence-corrected chi connectivity index (χ4v) is 0.683. The molecule has 0 fully saturated rings. The topological polar surface area (TPSA) is 9.23 Å². The summed E-state index contributed by atoms with van der Waals surface area (Å²) in [4.78, 5) is 0. The summed E-state index contributed by atoms with van der Waals surface area (Å²) in [6.07, 6.45) is 6.81. The van der Waals surface area contributed by atoms with Gasteiger partial charge in [0.25, 0.3) is 0 Å². The molecule has 82 valence electrons. The van der Waals surface area contributed by atoms with Crippen LogP contribution in [-0.4, -0.2) is 12.7 Å². The van der Waals surface area contributed by atoms with Crippen molar-refractivity contribution in [3.8, 4) is 0 Å². The molecule has 0 amide bonds. The smallest absolute Gasteiger partial charge is 0.0720 e. The molecule has 14 heavy (non-hydrogen) atoms.